The van der Waals surface area contributed by atoms with E-state index >= 15 is 0 Å². The van der Waals surface area contributed by atoms with E-state index in [0.717, 1.165) is 36.2 Å². The summed E-state index contributed by atoms with van der Waals surface area (Å²) in [5, 5.41) is 16.7. The van der Waals surface area contributed by atoms with E-state index in [-0.39, 0.29) is 0 Å². The summed E-state index contributed by atoms with van der Waals surface area (Å²) < 4.78 is 12.8. The molecule has 5 rings (SSSR count). The number of anilines is 3. The number of pyridine rings is 1. The van der Waals surface area contributed by atoms with Crippen LogP contribution in [0.3, 0.4) is 0 Å². The number of hydrogen-bond acceptors (Lipinski definition) is 9. The SMILES string of the molecule is C[Si](C)(C)CCOC(=O)Nc1nc2c(N3CCOCC3)ccnn2c1-c1ccc(N2CCN(C(=O)O)CC2)nc1. The van der Waals surface area contributed by atoms with Crippen molar-refractivity contribution in [2.75, 3.05) is 74.2 Å². The third-order valence-corrected chi connectivity index (χ3v) is 8.76. The maximum Gasteiger partial charge on any atom is 0.412 e. The number of morpholine rings is 1. The Morgan fingerprint density at radius 2 is 1.80 bits per heavy atom. The summed E-state index contributed by atoms with van der Waals surface area (Å²) in [6.07, 6.45) is 1.99. The number of ether oxygens (including phenoxy) is 2. The van der Waals surface area contributed by atoms with Crippen molar-refractivity contribution in [2.24, 2.45) is 0 Å². The van der Waals surface area contributed by atoms with E-state index in [0.29, 0.717) is 63.2 Å². The third-order valence-electron chi connectivity index (χ3n) is 7.05. The average Bonchev–Trinajstić information content (AvgIpc) is 3.30. The molecule has 2 saturated heterocycles. The van der Waals surface area contributed by atoms with Crippen LogP contribution in [0, 0.1) is 0 Å². The normalized spacial score (nSPS) is 16.3. The van der Waals surface area contributed by atoms with Gasteiger partial charge in [-0.05, 0) is 24.2 Å². The van der Waals surface area contributed by atoms with Gasteiger partial charge in [-0.3, -0.25) is 5.32 Å². The quantitative estimate of drug-likeness (QED) is 0.408. The van der Waals surface area contributed by atoms with E-state index < -0.39 is 20.3 Å². The Kier molecular flexibility index (Phi) is 8.07. The number of carboxylic acid groups (broad SMARTS) is 1. The van der Waals surface area contributed by atoms with Crippen LogP contribution >= 0.6 is 0 Å². The Morgan fingerprint density at radius 1 is 1.05 bits per heavy atom. The van der Waals surface area contributed by atoms with Gasteiger partial charge in [0.05, 0.1) is 31.7 Å². The minimum absolute atomic E-state index is 0.343. The number of piperazine rings is 1. The largest absolute Gasteiger partial charge is 0.465 e. The number of fused-ring (bicyclic) bond motifs is 1. The van der Waals surface area contributed by atoms with Crippen LogP contribution in [0.1, 0.15) is 0 Å². The molecule has 3 aromatic heterocycles. The van der Waals surface area contributed by atoms with Gasteiger partial charge in [0, 0.05) is 59.1 Å². The Labute approximate surface area is 233 Å². The van der Waals surface area contributed by atoms with Crippen molar-refractivity contribution in [3.8, 4) is 11.3 Å². The minimum Gasteiger partial charge on any atom is -0.465 e. The molecule has 214 valence electrons. The van der Waals surface area contributed by atoms with Gasteiger partial charge in [0.25, 0.3) is 0 Å². The highest BCUT2D eigenvalue weighted by Crippen LogP contribution is 2.33. The molecule has 2 N–H and O–H groups in total. The summed E-state index contributed by atoms with van der Waals surface area (Å²) in [5.41, 5.74) is 2.85. The van der Waals surface area contributed by atoms with Gasteiger partial charge in [-0.1, -0.05) is 19.6 Å². The molecule has 2 fully saturated rings. The molecule has 0 radical (unpaired) electrons. The minimum atomic E-state index is -1.36. The van der Waals surface area contributed by atoms with E-state index in [4.69, 9.17) is 14.5 Å². The Morgan fingerprint density at radius 3 is 2.45 bits per heavy atom. The molecule has 0 atom stereocenters. The highest BCUT2D eigenvalue weighted by atomic mass is 28.3. The summed E-state index contributed by atoms with van der Waals surface area (Å²) in [4.78, 5) is 39.2. The highest BCUT2D eigenvalue weighted by molar-refractivity contribution is 6.76. The summed E-state index contributed by atoms with van der Waals surface area (Å²) in [6, 6.07) is 6.60. The van der Waals surface area contributed by atoms with Crippen LogP contribution in [0.5, 0.6) is 0 Å². The maximum absolute atomic E-state index is 12.8. The second kappa shape index (κ2) is 11.7. The van der Waals surface area contributed by atoms with Crippen LogP contribution in [0.2, 0.25) is 25.7 Å². The van der Waals surface area contributed by atoms with Crippen LogP contribution in [-0.4, -0.2) is 109 Å². The molecule has 13 nitrogen and oxygen atoms in total. The third kappa shape index (κ3) is 6.28. The van der Waals surface area contributed by atoms with Crippen LogP contribution in [0.4, 0.5) is 26.9 Å². The monoisotopic (exact) mass is 568 g/mol. The molecule has 2 aliphatic heterocycles. The molecule has 0 bridgehead atoms. The zero-order chi connectivity index (χ0) is 28.3. The molecule has 2 aliphatic rings. The smallest absolute Gasteiger partial charge is 0.412 e. The number of amides is 2. The summed E-state index contributed by atoms with van der Waals surface area (Å²) in [7, 11) is -1.36. The predicted octanol–water partition coefficient (Wildman–Crippen LogP) is 3.31. The van der Waals surface area contributed by atoms with E-state index in [1.165, 1.54) is 4.90 Å². The van der Waals surface area contributed by atoms with Crippen molar-refractivity contribution in [2.45, 2.75) is 25.7 Å². The second-order valence-corrected chi connectivity index (χ2v) is 16.7. The first-order valence-corrected chi connectivity index (χ1v) is 17.2. The maximum atomic E-state index is 12.8. The van der Waals surface area contributed by atoms with Crippen molar-refractivity contribution in [1.82, 2.24) is 24.5 Å². The summed E-state index contributed by atoms with van der Waals surface area (Å²) in [5.74, 6) is 1.10. The van der Waals surface area contributed by atoms with Crippen LogP contribution in [0.15, 0.2) is 30.6 Å². The number of carbonyl (C=O) groups is 2. The lowest BCUT2D eigenvalue weighted by molar-refractivity contribution is 0.123. The van der Waals surface area contributed by atoms with Gasteiger partial charge in [0.15, 0.2) is 11.5 Å². The first kappa shape index (κ1) is 27.6. The van der Waals surface area contributed by atoms with Gasteiger partial charge in [-0.2, -0.15) is 5.10 Å². The predicted molar refractivity (Wildman–Crippen MR) is 154 cm³/mol. The van der Waals surface area contributed by atoms with Crippen molar-refractivity contribution in [3.63, 3.8) is 0 Å². The zero-order valence-electron chi connectivity index (χ0n) is 23.2. The number of nitrogens with zero attached hydrogens (tertiary/aromatic N) is 7. The first-order chi connectivity index (χ1) is 19.2. The van der Waals surface area contributed by atoms with Gasteiger partial charge in [0.1, 0.15) is 11.5 Å². The van der Waals surface area contributed by atoms with E-state index in [1.807, 2.05) is 18.2 Å². The number of rotatable bonds is 7. The fourth-order valence-corrected chi connectivity index (χ4v) is 5.47. The van der Waals surface area contributed by atoms with Gasteiger partial charge in [0.2, 0.25) is 0 Å². The second-order valence-electron chi connectivity index (χ2n) is 11.1. The number of carbonyl (C=O) groups excluding carboxylic acids is 1. The molecule has 14 heteroatoms. The lowest BCUT2D eigenvalue weighted by Gasteiger charge is -2.33. The molecular weight excluding hydrogens is 532 g/mol. The zero-order valence-corrected chi connectivity index (χ0v) is 24.2. The molecule has 0 unspecified atom stereocenters. The fraction of sp³-hybridized carbons (Fsp3) is 0.500. The fourth-order valence-electron chi connectivity index (χ4n) is 4.76. The van der Waals surface area contributed by atoms with Crippen molar-refractivity contribution < 1.29 is 24.2 Å². The number of hydrogen-bond donors (Lipinski definition) is 2. The lowest BCUT2D eigenvalue weighted by atomic mass is 10.2. The molecule has 0 saturated carbocycles. The van der Waals surface area contributed by atoms with Crippen molar-refractivity contribution in [1.29, 1.82) is 0 Å². The highest BCUT2D eigenvalue weighted by Gasteiger charge is 2.25. The van der Waals surface area contributed by atoms with Gasteiger partial charge in [-0.15, -0.1) is 0 Å². The molecule has 5 heterocycles. The Balaban J connectivity index is 1.44. The van der Waals surface area contributed by atoms with E-state index in [9.17, 15) is 14.7 Å². The van der Waals surface area contributed by atoms with E-state index in [1.54, 1.807) is 16.9 Å². The lowest BCUT2D eigenvalue weighted by Crippen LogP contribution is -2.48. The number of imidazole rings is 1. The molecule has 0 spiro atoms. The standard InChI is InChI=1S/C26H36N8O5Si/c1-40(2,3)17-16-39-25(35)30-23-22(34-24(29-23)20(6-7-28-34)31-12-14-38-15-13-31)19-4-5-21(27-18-19)32-8-10-33(11-9-32)26(36)37/h4-7,18H,8-17H2,1-3H3,(H,30,35)(H,36,37). The molecule has 0 aliphatic carbocycles. The number of nitrogens with one attached hydrogen (secondary N) is 1. The van der Waals surface area contributed by atoms with Gasteiger partial charge in [-0.25, -0.2) is 24.1 Å². The average molecular weight is 569 g/mol. The van der Waals surface area contributed by atoms with Crippen LogP contribution in [-0.2, 0) is 9.47 Å². The topological polar surface area (TPSA) is 138 Å². The number of aromatic nitrogens is 4. The van der Waals surface area contributed by atoms with Crippen molar-refractivity contribution >= 4 is 43.2 Å². The molecule has 2 amide bonds. The Bertz CT molecular complexity index is 1350. The summed E-state index contributed by atoms with van der Waals surface area (Å²) >= 11 is 0. The van der Waals surface area contributed by atoms with Crippen LogP contribution in [0.25, 0.3) is 16.9 Å². The molecule has 40 heavy (non-hydrogen) atoms. The molecule has 0 aromatic carbocycles. The van der Waals surface area contributed by atoms with E-state index in [2.05, 4.69) is 44.8 Å². The van der Waals surface area contributed by atoms with Crippen molar-refractivity contribution in [3.05, 3.63) is 30.6 Å². The molecule has 3 aromatic rings. The Hall–Kier alpha value is -3.91. The molecular formula is C26H36N8O5Si. The van der Waals surface area contributed by atoms with Gasteiger partial charge >= 0.3 is 12.2 Å². The first-order valence-electron chi connectivity index (χ1n) is 13.5. The van der Waals surface area contributed by atoms with Crippen LogP contribution < -0.4 is 15.1 Å². The van der Waals surface area contributed by atoms with Gasteiger partial charge < -0.3 is 29.3 Å². The summed E-state index contributed by atoms with van der Waals surface area (Å²) in [6.45, 7) is 11.7.